The molecule has 0 radical (unpaired) electrons. The number of oxazole rings is 1. The van der Waals surface area contributed by atoms with Gasteiger partial charge < -0.3 is 9.15 Å². The molecule has 0 N–H and O–H groups in total. The van der Waals surface area contributed by atoms with E-state index in [2.05, 4.69) is 4.74 Å². The lowest BCUT2D eigenvalue weighted by atomic mass is 10.1. The first-order chi connectivity index (χ1) is 14.5. The number of aromatic nitrogens is 1. The Kier molecular flexibility index (Phi) is 5.34. The third kappa shape index (κ3) is 4.62. The molecule has 31 heavy (non-hydrogen) atoms. The van der Waals surface area contributed by atoms with Crippen LogP contribution in [0.2, 0.25) is 0 Å². The van der Waals surface area contributed by atoms with Gasteiger partial charge in [0, 0.05) is 19.1 Å². The molecule has 1 fully saturated rings. The number of sulfonamides is 1. The predicted molar refractivity (Wildman–Crippen MR) is 107 cm³/mol. The van der Waals surface area contributed by atoms with Crippen LogP contribution in [0.15, 0.2) is 51.7 Å². The number of fused-ring (bicyclic) bond motifs is 1. The molecule has 166 valence electrons. The third-order valence-electron chi connectivity index (χ3n) is 5.23. The van der Waals surface area contributed by atoms with Gasteiger partial charge in [-0.2, -0.15) is 4.31 Å². The Hall–Kier alpha value is -2.79. The van der Waals surface area contributed by atoms with E-state index in [1.54, 1.807) is 18.2 Å². The molecule has 2 heterocycles. The molecule has 3 aromatic rings. The zero-order valence-corrected chi connectivity index (χ0v) is 17.2. The summed E-state index contributed by atoms with van der Waals surface area (Å²) in [6, 6.07) is 10.0. The molecule has 11 heteroatoms. The van der Waals surface area contributed by atoms with Gasteiger partial charge in [0.05, 0.1) is 11.8 Å². The van der Waals surface area contributed by atoms with Crippen LogP contribution in [-0.4, -0.2) is 42.5 Å². The van der Waals surface area contributed by atoms with E-state index in [0.29, 0.717) is 41.6 Å². The van der Waals surface area contributed by atoms with Crippen molar-refractivity contribution >= 4 is 21.1 Å². The maximum absolute atomic E-state index is 12.4. The first-order valence-electron chi connectivity index (χ1n) is 9.48. The van der Waals surface area contributed by atoms with Crippen molar-refractivity contribution in [2.45, 2.75) is 31.8 Å². The molecule has 0 spiro atoms. The first kappa shape index (κ1) is 21.4. The molecule has 0 saturated carbocycles. The van der Waals surface area contributed by atoms with Crippen molar-refractivity contribution in [3.05, 3.63) is 53.0 Å². The highest BCUT2D eigenvalue weighted by Gasteiger charge is 2.33. The van der Waals surface area contributed by atoms with E-state index in [4.69, 9.17) is 4.42 Å². The fraction of sp³-hybridized carbons (Fsp3) is 0.350. The van der Waals surface area contributed by atoms with E-state index in [-0.39, 0.29) is 18.3 Å². The number of ether oxygens (including phenoxy) is 1. The Labute approximate surface area is 175 Å². The van der Waals surface area contributed by atoms with Crippen LogP contribution in [0.5, 0.6) is 5.75 Å². The summed E-state index contributed by atoms with van der Waals surface area (Å²) in [6.07, 6.45) is -2.29. The van der Waals surface area contributed by atoms with Gasteiger partial charge in [-0.15, -0.1) is 13.2 Å². The monoisotopic (exact) mass is 456 g/mol. The molecule has 7 nitrogen and oxygen atoms in total. The van der Waals surface area contributed by atoms with Gasteiger partial charge in [-0.05, 0) is 48.2 Å². The molecular formula is C20H19F3N2O5S. The molecule has 0 amide bonds. The smallest absolute Gasteiger partial charge is 0.408 e. The van der Waals surface area contributed by atoms with Crippen molar-refractivity contribution in [3.63, 3.8) is 0 Å². The molecule has 1 aliphatic rings. The number of rotatable bonds is 5. The Bertz CT molecular complexity index is 1260. The predicted octanol–water partition coefficient (Wildman–Crippen LogP) is 3.58. The number of hydrogen-bond donors (Lipinski definition) is 0. The lowest BCUT2D eigenvalue weighted by Crippen LogP contribution is -2.38. The highest BCUT2D eigenvalue weighted by Crippen LogP contribution is 2.29. The van der Waals surface area contributed by atoms with Crippen LogP contribution in [0.25, 0.3) is 22.2 Å². The minimum atomic E-state index is -4.77. The molecule has 0 bridgehead atoms. The number of alkyl halides is 3. The topological polar surface area (TPSA) is 81.8 Å². The number of benzene rings is 2. The van der Waals surface area contributed by atoms with Crippen LogP contribution in [0.1, 0.15) is 12.8 Å². The van der Waals surface area contributed by atoms with Crippen LogP contribution in [0, 0.1) is 0 Å². The normalized spacial score (nSPS) is 18.0. The zero-order valence-electron chi connectivity index (χ0n) is 16.4. The molecular weight excluding hydrogens is 437 g/mol. The van der Waals surface area contributed by atoms with Gasteiger partial charge in [-0.25, -0.2) is 13.2 Å². The molecule has 4 rings (SSSR count). The second-order valence-electron chi connectivity index (χ2n) is 7.40. The van der Waals surface area contributed by atoms with E-state index in [1.165, 1.54) is 33.1 Å². The minimum absolute atomic E-state index is 0.153. The van der Waals surface area contributed by atoms with Crippen molar-refractivity contribution in [3.8, 4) is 16.9 Å². The van der Waals surface area contributed by atoms with E-state index in [1.807, 2.05) is 0 Å². The van der Waals surface area contributed by atoms with Crippen molar-refractivity contribution in [2.75, 3.05) is 12.8 Å². The van der Waals surface area contributed by atoms with Crippen molar-refractivity contribution in [2.24, 2.45) is 0 Å². The number of hydrogen-bond acceptors (Lipinski definition) is 5. The lowest BCUT2D eigenvalue weighted by Gasteiger charge is -2.22. The average Bonchev–Trinajstić information content (AvgIpc) is 3.26. The summed E-state index contributed by atoms with van der Waals surface area (Å²) in [7, 11) is -3.39. The highest BCUT2D eigenvalue weighted by molar-refractivity contribution is 7.88. The van der Waals surface area contributed by atoms with Crippen LogP contribution in [0.3, 0.4) is 0 Å². The van der Waals surface area contributed by atoms with Gasteiger partial charge in [0.15, 0.2) is 5.58 Å². The maximum Gasteiger partial charge on any atom is 0.573 e. The molecule has 1 aromatic heterocycles. The summed E-state index contributed by atoms with van der Waals surface area (Å²) in [5, 5.41) is 0. The van der Waals surface area contributed by atoms with Gasteiger partial charge in [0.25, 0.3) is 0 Å². The fourth-order valence-electron chi connectivity index (χ4n) is 3.90. The second-order valence-corrected chi connectivity index (χ2v) is 9.34. The molecule has 1 aliphatic heterocycles. The summed E-state index contributed by atoms with van der Waals surface area (Å²) in [5.41, 5.74) is 2.11. The number of nitrogens with zero attached hydrogens (tertiary/aromatic N) is 2. The molecule has 0 unspecified atom stereocenters. The average molecular weight is 456 g/mol. The Morgan fingerprint density at radius 1 is 1.13 bits per heavy atom. The Morgan fingerprint density at radius 2 is 1.81 bits per heavy atom. The highest BCUT2D eigenvalue weighted by atomic mass is 32.2. The zero-order chi connectivity index (χ0) is 22.4. The third-order valence-corrected chi connectivity index (χ3v) is 6.56. The molecule has 1 atom stereocenters. The summed E-state index contributed by atoms with van der Waals surface area (Å²) in [4.78, 5) is 12.4. The van der Waals surface area contributed by atoms with E-state index < -0.39 is 22.1 Å². The fourth-order valence-corrected chi connectivity index (χ4v) is 5.08. The van der Waals surface area contributed by atoms with Crippen LogP contribution < -0.4 is 10.5 Å². The van der Waals surface area contributed by atoms with Gasteiger partial charge in [0.1, 0.15) is 5.75 Å². The van der Waals surface area contributed by atoms with Gasteiger partial charge in [-0.1, -0.05) is 18.2 Å². The summed E-state index contributed by atoms with van der Waals surface area (Å²) < 4.78 is 73.0. The van der Waals surface area contributed by atoms with Crippen molar-refractivity contribution < 1.29 is 30.7 Å². The quantitative estimate of drug-likeness (QED) is 0.586. The van der Waals surface area contributed by atoms with Crippen LogP contribution in [0.4, 0.5) is 13.2 Å². The summed E-state index contributed by atoms with van der Waals surface area (Å²) >= 11 is 0. The van der Waals surface area contributed by atoms with E-state index in [9.17, 15) is 26.4 Å². The molecule has 2 aromatic carbocycles. The summed E-state index contributed by atoms with van der Waals surface area (Å²) in [5.74, 6) is -0.930. The van der Waals surface area contributed by atoms with E-state index in [0.717, 1.165) is 6.26 Å². The van der Waals surface area contributed by atoms with Crippen molar-refractivity contribution in [1.29, 1.82) is 0 Å². The van der Waals surface area contributed by atoms with Gasteiger partial charge in [-0.3, -0.25) is 4.57 Å². The van der Waals surface area contributed by atoms with Crippen LogP contribution in [-0.2, 0) is 16.6 Å². The van der Waals surface area contributed by atoms with Gasteiger partial charge >= 0.3 is 12.1 Å². The van der Waals surface area contributed by atoms with Gasteiger partial charge in [0.2, 0.25) is 10.0 Å². The SMILES string of the molecule is CS(=O)(=O)N1CCC[C@@H]1Cn1c(=O)oc2ccc(-c3ccc(OC(F)(F)F)cc3)cc21. The maximum atomic E-state index is 12.4. The standard InChI is InChI=1S/C20H19F3N2O5S/c1-31(27,28)25-10-2-3-15(25)12-24-17-11-14(6-9-18(17)29-19(24)26)13-4-7-16(8-5-13)30-20(21,22)23/h4-9,11,15H,2-3,10,12H2,1H3/t15-/m1/s1. The Balaban J connectivity index is 1.66. The minimum Gasteiger partial charge on any atom is -0.408 e. The van der Waals surface area contributed by atoms with E-state index >= 15 is 0 Å². The second kappa shape index (κ2) is 7.72. The van der Waals surface area contributed by atoms with Crippen LogP contribution >= 0.6 is 0 Å². The first-order valence-corrected chi connectivity index (χ1v) is 11.3. The van der Waals surface area contributed by atoms with Crippen molar-refractivity contribution in [1.82, 2.24) is 8.87 Å². The Morgan fingerprint density at radius 3 is 2.45 bits per heavy atom. The number of halogens is 3. The summed E-state index contributed by atoms with van der Waals surface area (Å²) in [6.45, 7) is 0.562. The lowest BCUT2D eigenvalue weighted by molar-refractivity contribution is -0.274. The molecule has 0 aliphatic carbocycles. The molecule has 1 saturated heterocycles. The largest absolute Gasteiger partial charge is 0.573 e.